The number of nitrogen functional groups attached to an aromatic ring is 1. The molecular formula is C28H32ClN5O3S. The van der Waals surface area contributed by atoms with Gasteiger partial charge in [-0.15, -0.1) is 0 Å². The van der Waals surface area contributed by atoms with Crippen molar-refractivity contribution in [3.8, 4) is 28.1 Å². The molecule has 0 saturated carbocycles. The van der Waals surface area contributed by atoms with Crippen LogP contribution in [0.15, 0.2) is 72.9 Å². The third kappa shape index (κ3) is 7.28. The zero-order valence-electron chi connectivity index (χ0n) is 21.6. The minimum atomic E-state index is -3.33. The molecule has 0 aliphatic heterocycles. The van der Waals surface area contributed by atoms with E-state index in [1.54, 1.807) is 0 Å². The Morgan fingerprint density at radius 2 is 1.76 bits per heavy atom. The van der Waals surface area contributed by atoms with Crippen molar-refractivity contribution in [1.82, 2.24) is 14.5 Å². The Kier molecular flexibility index (Phi) is 8.61. The van der Waals surface area contributed by atoms with Gasteiger partial charge in [0.25, 0.3) is 0 Å². The number of nitrogens with one attached hydrogen (secondary N) is 2. The van der Waals surface area contributed by atoms with Gasteiger partial charge in [-0.2, -0.15) is 5.10 Å². The number of nitrogens with zero attached hydrogens (tertiary/aromatic N) is 2. The summed E-state index contributed by atoms with van der Waals surface area (Å²) in [5.41, 5.74) is 12.1. The third-order valence-electron chi connectivity index (χ3n) is 5.82. The summed E-state index contributed by atoms with van der Waals surface area (Å²) < 4.78 is 33.8. The highest BCUT2D eigenvalue weighted by Gasteiger charge is 2.13. The van der Waals surface area contributed by atoms with Crippen LogP contribution in [0.5, 0.6) is 5.75 Å². The molecule has 0 spiro atoms. The summed E-state index contributed by atoms with van der Waals surface area (Å²) in [6, 6.07) is 21.2. The van der Waals surface area contributed by atoms with Gasteiger partial charge in [0.05, 0.1) is 24.1 Å². The van der Waals surface area contributed by atoms with Crippen molar-refractivity contribution >= 4 is 33.0 Å². The Labute approximate surface area is 228 Å². The molecule has 0 unspecified atom stereocenters. The lowest BCUT2D eigenvalue weighted by Crippen LogP contribution is -2.26. The van der Waals surface area contributed by atoms with Crippen molar-refractivity contribution < 1.29 is 13.2 Å². The fraction of sp³-hybridized carbons (Fsp3) is 0.250. The van der Waals surface area contributed by atoms with Gasteiger partial charge in [0, 0.05) is 40.8 Å². The highest BCUT2D eigenvalue weighted by atomic mass is 35.5. The first-order valence-electron chi connectivity index (χ1n) is 12.3. The maximum Gasteiger partial charge on any atom is 0.213 e. The topological polar surface area (TPSA) is 111 Å². The predicted molar refractivity (Wildman–Crippen MR) is 155 cm³/mol. The molecule has 0 aliphatic carbocycles. The number of nitrogens with two attached hydrogens (primary N) is 1. The van der Waals surface area contributed by atoms with Gasteiger partial charge < -0.3 is 15.8 Å². The minimum Gasteiger partial charge on any atom is -0.491 e. The molecule has 0 radical (unpaired) electrons. The Morgan fingerprint density at radius 3 is 2.47 bits per heavy atom. The summed E-state index contributed by atoms with van der Waals surface area (Å²) in [4.78, 5) is 0. The molecule has 10 heteroatoms. The van der Waals surface area contributed by atoms with Crippen molar-refractivity contribution in [2.45, 2.75) is 26.5 Å². The smallest absolute Gasteiger partial charge is 0.213 e. The van der Waals surface area contributed by atoms with Crippen LogP contribution >= 0.6 is 11.6 Å². The average Bonchev–Trinajstić information content (AvgIpc) is 3.32. The van der Waals surface area contributed by atoms with Gasteiger partial charge in [-0.25, -0.2) is 13.1 Å². The number of sulfonamides is 1. The molecule has 1 heterocycles. The highest BCUT2D eigenvalue weighted by Crippen LogP contribution is 2.33. The van der Waals surface area contributed by atoms with Crippen LogP contribution in [0, 0.1) is 0 Å². The maximum atomic E-state index is 11.9. The lowest BCUT2D eigenvalue weighted by Gasteiger charge is -2.14. The van der Waals surface area contributed by atoms with Crippen molar-refractivity contribution in [2.75, 3.05) is 30.4 Å². The van der Waals surface area contributed by atoms with Crippen LogP contribution in [0.1, 0.15) is 19.4 Å². The van der Waals surface area contributed by atoms with E-state index < -0.39 is 10.0 Å². The fourth-order valence-electron chi connectivity index (χ4n) is 4.05. The SMILES string of the molecule is CNS(=O)(=O)CCNc1ccc(-c2ccc(Cl)cc2)cc1-c1ccn(Cc2cc(N)cc(OC(C)C)c2)n1. The Morgan fingerprint density at radius 1 is 1.03 bits per heavy atom. The van der Waals surface area contributed by atoms with Gasteiger partial charge in [0.2, 0.25) is 10.0 Å². The third-order valence-corrected chi connectivity index (χ3v) is 7.43. The van der Waals surface area contributed by atoms with Crippen molar-refractivity contribution in [3.63, 3.8) is 0 Å². The summed E-state index contributed by atoms with van der Waals surface area (Å²) in [6.07, 6.45) is 1.95. The summed E-state index contributed by atoms with van der Waals surface area (Å²) in [7, 11) is -1.92. The van der Waals surface area contributed by atoms with Crippen molar-refractivity contribution in [3.05, 3.63) is 83.5 Å². The molecule has 4 aromatic rings. The van der Waals surface area contributed by atoms with Crippen LogP contribution < -0.4 is 20.5 Å². The zero-order valence-corrected chi connectivity index (χ0v) is 23.2. The monoisotopic (exact) mass is 553 g/mol. The first kappa shape index (κ1) is 27.5. The van der Waals surface area contributed by atoms with E-state index in [0.717, 1.165) is 39.4 Å². The molecule has 200 valence electrons. The van der Waals surface area contributed by atoms with Gasteiger partial charge in [-0.05, 0) is 80.1 Å². The number of rotatable bonds is 11. The van der Waals surface area contributed by atoms with E-state index in [2.05, 4.69) is 10.0 Å². The summed E-state index contributed by atoms with van der Waals surface area (Å²) in [6.45, 7) is 4.71. The second kappa shape index (κ2) is 11.9. The first-order valence-corrected chi connectivity index (χ1v) is 14.3. The molecular weight excluding hydrogens is 522 g/mol. The lowest BCUT2D eigenvalue weighted by molar-refractivity contribution is 0.242. The summed E-state index contributed by atoms with van der Waals surface area (Å²) >= 11 is 6.08. The van der Waals surface area contributed by atoms with E-state index in [1.165, 1.54) is 7.05 Å². The molecule has 4 N–H and O–H groups in total. The van der Waals surface area contributed by atoms with Gasteiger partial charge in [-0.3, -0.25) is 4.68 Å². The van der Waals surface area contributed by atoms with Gasteiger partial charge in [0.1, 0.15) is 5.75 Å². The zero-order chi connectivity index (χ0) is 27.3. The maximum absolute atomic E-state index is 11.9. The quantitative estimate of drug-likeness (QED) is 0.219. The van der Waals surface area contributed by atoms with E-state index in [9.17, 15) is 8.42 Å². The van der Waals surface area contributed by atoms with Crippen molar-refractivity contribution in [2.24, 2.45) is 0 Å². The van der Waals surface area contributed by atoms with Crippen LogP contribution in [-0.2, 0) is 16.6 Å². The molecule has 0 fully saturated rings. The predicted octanol–water partition coefficient (Wildman–Crippen LogP) is 5.25. The van der Waals surface area contributed by atoms with E-state index in [4.69, 9.17) is 27.2 Å². The largest absolute Gasteiger partial charge is 0.491 e. The van der Waals surface area contributed by atoms with Crippen LogP contribution in [0.2, 0.25) is 5.02 Å². The molecule has 0 atom stereocenters. The van der Waals surface area contributed by atoms with Crippen LogP contribution in [0.4, 0.5) is 11.4 Å². The molecule has 0 amide bonds. The molecule has 0 aliphatic rings. The second-order valence-corrected chi connectivity index (χ2v) is 11.7. The molecule has 1 aromatic heterocycles. The fourth-order valence-corrected chi connectivity index (χ4v) is 4.75. The van der Waals surface area contributed by atoms with Crippen molar-refractivity contribution in [1.29, 1.82) is 0 Å². The number of hydrogen-bond donors (Lipinski definition) is 3. The molecule has 0 saturated heterocycles. The highest BCUT2D eigenvalue weighted by molar-refractivity contribution is 7.89. The lowest BCUT2D eigenvalue weighted by atomic mass is 10.00. The number of aromatic nitrogens is 2. The summed E-state index contributed by atoms with van der Waals surface area (Å²) in [5, 5.41) is 8.75. The molecule has 3 aromatic carbocycles. The second-order valence-electron chi connectivity index (χ2n) is 9.19. The Bertz CT molecular complexity index is 1500. The summed E-state index contributed by atoms with van der Waals surface area (Å²) in [5.74, 6) is 0.674. The normalized spacial score (nSPS) is 11.6. The van der Waals surface area contributed by atoms with Gasteiger partial charge in [-0.1, -0.05) is 29.8 Å². The molecule has 0 bridgehead atoms. The Balaban J connectivity index is 1.64. The van der Waals surface area contributed by atoms with Crippen LogP contribution in [0.3, 0.4) is 0 Å². The molecule has 38 heavy (non-hydrogen) atoms. The minimum absolute atomic E-state index is 0.0443. The first-order chi connectivity index (χ1) is 18.1. The van der Waals surface area contributed by atoms with E-state index in [0.29, 0.717) is 17.3 Å². The Hall–Kier alpha value is -3.53. The molecule has 8 nitrogen and oxygen atoms in total. The van der Waals surface area contributed by atoms with Gasteiger partial charge >= 0.3 is 0 Å². The van der Waals surface area contributed by atoms with E-state index in [-0.39, 0.29) is 18.4 Å². The van der Waals surface area contributed by atoms with Gasteiger partial charge in [0.15, 0.2) is 0 Å². The number of anilines is 2. The van der Waals surface area contributed by atoms with Crippen LogP contribution in [-0.4, -0.2) is 43.6 Å². The number of ether oxygens (including phenoxy) is 1. The van der Waals surface area contributed by atoms with E-state index >= 15 is 0 Å². The van der Waals surface area contributed by atoms with Crippen LogP contribution in [0.25, 0.3) is 22.4 Å². The number of benzene rings is 3. The van der Waals surface area contributed by atoms with E-state index in [1.807, 2.05) is 91.5 Å². The average molecular weight is 554 g/mol. The number of hydrogen-bond acceptors (Lipinski definition) is 6. The number of halogens is 1. The molecule has 4 rings (SSSR count). The standard InChI is InChI=1S/C28H32ClN5O3S/c1-19(2)37-25-15-20(14-24(30)17-25)18-34-12-10-28(33-34)26-16-22(21-4-7-23(29)8-5-21)6-9-27(26)32-11-13-38(35,36)31-3/h4-10,12,14-17,19,31-32H,11,13,18,30H2,1-3H3.